The summed E-state index contributed by atoms with van der Waals surface area (Å²) in [5, 5.41) is 3.72. The minimum Gasteiger partial charge on any atom is -0.310 e. The zero-order valence-electron chi connectivity index (χ0n) is 12.9. The molecule has 0 unspecified atom stereocenters. The average molecular weight is 260 g/mol. The molecule has 1 aromatic heterocycles. The molecule has 1 aromatic rings. The zero-order chi connectivity index (χ0) is 13.9. The predicted molar refractivity (Wildman–Crippen MR) is 81.0 cm³/mol. The summed E-state index contributed by atoms with van der Waals surface area (Å²) in [5.41, 5.74) is 3.15. The number of nitrogens with one attached hydrogen (secondary N) is 1. The van der Waals surface area contributed by atoms with Crippen molar-refractivity contribution in [1.82, 2.24) is 10.3 Å². The maximum absolute atomic E-state index is 4.15. The van der Waals surface area contributed by atoms with Crippen LogP contribution in [0.1, 0.15) is 57.6 Å². The maximum atomic E-state index is 4.15. The number of aromatic nitrogens is 1. The molecular weight excluding hydrogens is 232 g/mol. The highest BCUT2D eigenvalue weighted by molar-refractivity contribution is 5.21. The van der Waals surface area contributed by atoms with Crippen LogP contribution >= 0.6 is 0 Å². The van der Waals surface area contributed by atoms with E-state index in [1.54, 1.807) is 0 Å². The fraction of sp³-hybridized carbons (Fsp3) is 0.706. The van der Waals surface area contributed by atoms with Crippen LogP contribution in [0.2, 0.25) is 0 Å². The van der Waals surface area contributed by atoms with Crippen molar-refractivity contribution in [3.8, 4) is 0 Å². The number of nitrogens with zero attached hydrogens (tertiary/aromatic N) is 1. The van der Waals surface area contributed by atoms with Gasteiger partial charge in [0.25, 0.3) is 0 Å². The largest absolute Gasteiger partial charge is 0.310 e. The molecule has 1 fully saturated rings. The molecule has 0 saturated heterocycles. The minimum atomic E-state index is 0.479. The lowest BCUT2D eigenvalue weighted by Crippen LogP contribution is -2.36. The minimum absolute atomic E-state index is 0.479. The number of aryl methyl sites for hydroxylation is 1. The van der Waals surface area contributed by atoms with E-state index in [1.807, 2.05) is 12.4 Å². The molecular formula is C17H28N2. The number of rotatable bonds is 3. The van der Waals surface area contributed by atoms with Gasteiger partial charge in [-0.25, -0.2) is 0 Å². The molecule has 0 amide bonds. The quantitative estimate of drug-likeness (QED) is 0.885. The van der Waals surface area contributed by atoms with Crippen molar-refractivity contribution in [2.45, 2.75) is 66.0 Å². The third kappa shape index (κ3) is 4.04. The van der Waals surface area contributed by atoms with Gasteiger partial charge in [0.05, 0.1) is 0 Å². The second-order valence-corrected chi connectivity index (χ2v) is 7.10. The van der Waals surface area contributed by atoms with Gasteiger partial charge in [-0.3, -0.25) is 4.98 Å². The van der Waals surface area contributed by atoms with Crippen molar-refractivity contribution in [1.29, 1.82) is 0 Å². The summed E-state index contributed by atoms with van der Waals surface area (Å²) < 4.78 is 0. The lowest BCUT2D eigenvalue weighted by Gasteiger charge is -2.37. The smallest absolute Gasteiger partial charge is 0.0300 e. The standard InChI is InChI=1S/C17H28N2/c1-13-11-18-10-9-14(13)12-19-16-7-5-15(6-8-16)17(2,3)4/h9-11,15-16,19H,5-8,12H2,1-4H3. The van der Waals surface area contributed by atoms with E-state index in [1.165, 1.54) is 36.8 Å². The first-order valence-electron chi connectivity index (χ1n) is 7.59. The van der Waals surface area contributed by atoms with Crippen molar-refractivity contribution in [2.24, 2.45) is 11.3 Å². The van der Waals surface area contributed by atoms with E-state index >= 15 is 0 Å². The van der Waals surface area contributed by atoms with Crippen LogP contribution in [0.4, 0.5) is 0 Å². The summed E-state index contributed by atoms with van der Waals surface area (Å²) in [6, 6.07) is 2.83. The fourth-order valence-electron chi connectivity index (χ4n) is 3.12. The van der Waals surface area contributed by atoms with Gasteiger partial charge >= 0.3 is 0 Å². The number of hydrogen-bond acceptors (Lipinski definition) is 2. The van der Waals surface area contributed by atoms with Crippen LogP contribution in [0.25, 0.3) is 0 Å². The molecule has 2 nitrogen and oxygen atoms in total. The molecule has 0 spiro atoms. The van der Waals surface area contributed by atoms with Crippen molar-refractivity contribution < 1.29 is 0 Å². The first-order valence-corrected chi connectivity index (χ1v) is 7.59. The van der Waals surface area contributed by atoms with E-state index in [9.17, 15) is 0 Å². The maximum Gasteiger partial charge on any atom is 0.0300 e. The van der Waals surface area contributed by atoms with Crippen molar-refractivity contribution in [2.75, 3.05) is 0 Å². The Morgan fingerprint density at radius 3 is 2.47 bits per heavy atom. The van der Waals surface area contributed by atoms with Crippen molar-refractivity contribution in [3.05, 3.63) is 29.6 Å². The summed E-state index contributed by atoms with van der Waals surface area (Å²) >= 11 is 0. The lowest BCUT2D eigenvalue weighted by atomic mass is 9.71. The second kappa shape index (κ2) is 6.04. The third-order valence-corrected chi connectivity index (χ3v) is 4.67. The van der Waals surface area contributed by atoms with Gasteiger partial charge < -0.3 is 5.32 Å². The SMILES string of the molecule is Cc1cnccc1CNC1CCC(C(C)(C)C)CC1. The molecule has 0 radical (unpaired) electrons. The van der Waals surface area contributed by atoms with Gasteiger partial charge in [-0.1, -0.05) is 20.8 Å². The van der Waals surface area contributed by atoms with Crippen LogP contribution < -0.4 is 5.32 Å². The average Bonchev–Trinajstić information content (AvgIpc) is 2.37. The zero-order valence-corrected chi connectivity index (χ0v) is 12.9. The molecule has 1 heterocycles. The Hall–Kier alpha value is -0.890. The van der Waals surface area contributed by atoms with Gasteiger partial charge in [-0.05, 0) is 61.1 Å². The van der Waals surface area contributed by atoms with E-state index in [2.05, 4.69) is 44.1 Å². The van der Waals surface area contributed by atoms with Gasteiger partial charge in [0.2, 0.25) is 0 Å². The van der Waals surface area contributed by atoms with E-state index in [0.29, 0.717) is 11.5 Å². The Morgan fingerprint density at radius 2 is 1.89 bits per heavy atom. The van der Waals surface area contributed by atoms with Crippen molar-refractivity contribution in [3.63, 3.8) is 0 Å². The summed E-state index contributed by atoms with van der Waals surface area (Å²) in [4.78, 5) is 4.15. The normalized spacial score (nSPS) is 24.4. The van der Waals surface area contributed by atoms with Gasteiger partial charge in [0.1, 0.15) is 0 Å². The van der Waals surface area contributed by atoms with Crippen LogP contribution in [0.15, 0.2) is 18.5 Å². The Kier molecular flexibility index (Phi) is 4.62. The van der Waals surface area contributed by atoms with Crippen LogP contribution in [-0.2, 0) is 6.54 Å². The summed E-state index contributed by atoms with van der Waals surface area (Å²) in [6.07, 6.45) is 9.24. The Bertz CT molecular complexity index is 398. The molecule has 1 saturated carbocycles. The summed E-state index contributed by atoms with van der Waals surface area (Å²) in [6.45, 7) is 10.3. The first-order chi connectivity index (χ1) is 8.97. The van der Waals surface area contributed by atoms with E-state index in [0.717, 1.165) is 12.5 Å². The van der Waals surface area contributed by atoms with E-state index in [4.69, 9.17) is 0 Å². The van der Waals surface area contributed by atoms with E-state index < -0.39 is 0 Å². The first kappa shape index (κ1) is 14.5. The third-order valence-electron chi connectivity index (χ3n) is 4.67. The second-order valence-electron chi connectivity index (χ2n) is 7.10. The van der Waals surface area contributed by atoms with Gasteiger partial charge in [-0.15, -0.1) is 0 Å². The molecule has 1 aliphatic rings. The molecule has 0 aromatic carbocycles. The Labute approximate surface area is 118 Å². The predicted octanol–water partition coefficient (Wildman–Crippen LogP) is 4.08. The highest BCUT2D eigenvalue weighted by Crippen LogP contribution is 2.37. The summed E-state index contributed by atoms with van der Waals surface area (Å²) in [5.74, 6) is 0.896. The topological polar surface area (TPSA) is 24.9 Å². The number of hydrogen-bond donors (Lipinski definition) is 1. The van der Waals surface area contributed by atoms with Crippen LogP contribution in [0.5, 0.6) is 0 Å². The highest BCUT2D eigenvalue weighted by atomic mass is 14.9. The fourth-order valence-corrected chi connectivity index (χ4v) is 3.12. The Morgan fingerprint density at radius 1 is 1.21 bits per heavy atom. The number of pyridine rings is 1. The van der Waals surface area contributed by atoms with E-state index in [-0.39, 0.29) is 0 Å². The monoisotopic (exact) mass is 260 g/mol. The molecule has 0 bridgehead atoms. The molecule has 0 aliphatic heterocycles. The molecule has 0 atom stereocenters. The summed E-state index contributed by atoms with van der Waals surface area (Å²) in [7, 11) is 0. The Balaban J connectivity index is 1.79. The lowest BCUT2D eigenvalue weighted by molar-refractivity contribution is 0.160. The van der Waals surface area contributed by atoms with Gasteiger partial charge in [0, 0.05) is 25.0 Å². The van der Waals surface area contributed by atoms with Crippen LogP contribution in [0.3, 0.4) is 0 Å². The van der Waals surface area contributed by atoms with Crippen molar-refractivity contribution >= 4 is 0 Å². The molecule has 1 N–H and O–H groups in total. The highest BCUT2D eigenvalue weighted by Gasteiger charge is 2.29. The van der Waals surface area contributed by atoms with Gasteiger partial charge in [-0.2, -0.15) is 0 Å². The molecule has 2 heteroatoms. The van der Waals surface area contributed by atoms with Crippen LogP contribution in [-0.4, -0.2) is 11.0 Å². The molecule has 2 rings (SSSR count). The molecule has 1 aliphatic carbocycles. The molecule has 19 heavy (non-hydrogen) atoms. The van der Waals surface area contributed by atoms with Gasteiger partial charge in [0.15, 0.2) is 0 Å². The van der Waals surface area contributed by atoms with Crippen LogP contribution in [0, 0.1) is 18.3 Å². The molecule has 106 valence electrons.